The Morgan fingerprint density at radius 1 is 1.35 bits per heavy atom. The van der Waals surface area contributed by atoms with Gasteiger partial charge in [0.1, 0.15) is 0 Å². The molecule has 17 heavy (non-hydrogen) atoms. The first kappa shape index (κ1) is 12.4. The first-order valence-corrected chi connectivity index (χ1v) is 5.24. The van der Waals surface area contributed by atoms with Gasteiger partial charge in [-0.2, -0.15) is 13.2 Å². The van der Waals surface area contributed by atoms with Crippen LogP contribution in [-0.2, 0) is 21.5 Å². The van der Waals surface area contributed by atoms with Gasteiger partial charge >= 0.3 is 6.18 Å². The lowest BCUT2D eigenvalue weighted by atomic mass is 9.87. The molecule has 0 aliphatic carbocycles. The Balaban J connectivity index is 2.53. The smallest absolute Gasteiger partial charge is 0.355 e. The van der Waals surface area contributed by atoms with Gasteiger partial charge in [0.05, 0.1) is 0 Å². The van der Waals surface area contributed by atoms with Crippen molar-refractivity contribution in [1.29, 1.82) is 0 Å². The molecule has 1 aliphatic heterocycles. The highest BCUT2D eigenvalue weighted by Gasteiger charge is 2.57. The number of alkyl halides is 3. The van der Waals surface area contributed by atoms with Gasteiger partial charge in [-0.3, -0.25) is 0 Å². The summed E-state index contributed by atoms with van der Waals surface area (Å²) < 4.78 is 49.4. The third-order valence-electron chi connectivity index (χ3n) is 3.09. The minimum atomic E-state index is -4.47. The molecule has 2 unspecified atom stereocenters. The number of ether oxygens (including phenoxy) is 2. The summed E-state index contributed by atoms with van der Waals surface area (Å²) in [7, 11) is 1.34. The molecule has 0 saturated carbocycles. The summed E-state index contributed by atoms with van der Waals surface area (Å²) in [5.41, 5.74) is -1.52. The van der Waals surface area contributed by atoms with E-state index in [1.165, 1.54) is 13.2 Å². The molecule has 0 aromatic heterocycles. The Labute approximate surface area is 97.3 Å². The van der Waals surface area contributed by atoms with Gasteiger partial charge in [-0.25, -0.2) is 0 Å². The molecule has 2 nitrogen and oxygen atoms in total. The van der Waals surface area contributed by atoms with Crippen LogP contribution in [0, 0.1) is 0 Å². The molecule has 0 N–H and O–H groups in total. The molecule has 1 aliphatic rings. The maximum atomic E-state index is 13.1. The molecule has 0 spiro atoms. The number of benzene rings is 1. The van der Waals surface area contributed by atoms with Crippen molar-refractivity contribution in [3.8, 4) is 0 Å². The summed E-state index contributed by atoms with van der Waals surface area (Å²) in [4.78, 5) is 0. The van der Waals surface area contributed by atoms with E-state index in [2.05, 4.69) is 0 Å². The SMILES string of the molecule is COC1Cc2ccccc2C(C)(C(F)(F)F)O1. The second-order valence-electron chi connectivity index (χ2n) is 4.18. The van der Waals surface area contributed by atoms with Gasteiger partial charge in [-0.15, -0.1) is 0 Å². The Hall–Kier alpha value is -1.07. The number of rotatable bonds is 1. The molecule has 1 aromatic carbocycles. The predicted octanol–water partition coefficient (Wildman–Crippen LogP) is 3.01. The predicted molar refractivity (Wildman–Crippen MR) is 55.4 cm³/mol. The fourth-order valence-corrected chi connectivity index (χ4v) is 2.06. The zero-order valence-corrected chi connectivity index (χ0v) is 9.54. The monoisotopic (exact) mass is 246 g/mol. The second kappa shape index (κ2) is 3.99. The van der Waals surface area contributed by atoms with Crippen LogP contribution in [0.1, 0.15) is 18.1 Å². The Kier molecular flexibility index (Phi) is 2.91. The van der Waals surface area contributed by atoms with Gasteiger partial charge in [0.2, 0.25) is 0 Å². The standard InChI is InChI=1S/C12H13F3O2/c1-11(12(13,14)15)9-6-4-3-5-8(9)7-10(16-2)17-11/h3-6,10H,7H2,1-2H3. The van der Waals surface area contributed by atoms with Crippen molar-refractivity contribution < 1.29 is 22.6 Å². The molecule has 0 bridgehead atoms. The van der Waals surface area contributed by atoms with Crippen molar-refractivity contribution in [2.45, 2.75) is 31.4 Å². The van der Waals surface area contributed by atoms with E-state index in [1.807, 2.05) is 0 Å². The number of hydrogen-bond acceptors (Lipinski definition) is 2. The maximum absolute atomic E-state index is 13.1. The molecular weight excluding hydrogens is 233 g/mol. The highest BCUT2D eigenvalue weighted by Crippen LogP contribution is 2.46. The molecule has 1 heterocycles. The summed E-state index contributed by atoms with van der Waals surface area (Å²) >= 11 is 0. The van der Waals surface area contributed by atoms with Crippen LogP contribution < -0.4 is 0 Å². The molecule has 5 heteroatoms. The number of hydrogen-bond donors (Lipinski definition) is 0. The Morgan fingerprint density at radius 2 is 2.00 bits per heavy atom. The van der Waals surface area contributed by atoms with Gasteiger partial charge < -0.3 is 9.47 Å². The van der Waals surface area contributed by atoms with E-state index in [0.29, 0.717) is 12.0 Å². The number of fused-ring (bicyclic) bond motifs is 1. The zero-order chi connectivity index (χ0) is 12.7. The summed E-state index contributed by atoms with van der Waals surface area (Å²) in [5.74, 6) is 0. The van der Waals surface area contributed by atoms with E-state index < -0.39 is 18.1 Å². The normalized spacial score (nSPS) is 28.9. The number of halogens is 3. The average Bonchev–Trinajstić information content (AvgIpc) is 2.27. The van der Waals surface area contributed by atoms with Crippen molar-refractivity contribution in [3.63, 3.8) is 0 Å². The van der Waals surface area contributed by atoms with Gasteiger partial charge in [0.25, 0.3) is 0 Å². The zero-order valence-electron chi connectivity index (χ0n) is 9.54. The molecule has 0 amide bonds. The van der Waals surface area contributed by atoms with Crippen LogP contribution in [0.25, 0.3) is 0 Å². The quantitative estimate of drug-likeness (QED) is 0.758. The van der Waals surface area contributed by atoms with Crippen molar-refractivity contribution >= 4 is 0 Å². The van der Waals surface area contributed by atoms with E-state index >= 15 is 0 Å². The highest BCUT2D eigenvalue weighted by atomic mass is 19.4. The van der Waals surface area contributed by atoms with Crippen LogP contribution in [0.15, 0.2) is 24.3 Å². The molecule has 94 valence electrons. The topological polar surface area (TPSA) is 18.5 Å². The minimum absolute atomic E-state index is 0.167. The lowest BCUT2D eigenvalue weighted by Crippen LogP contribution is -2.49. The first-order valence-electron chi connectivity index (χ1n) is 5.24. The van der Waals surface area contributed by atoms with Crippen LogP contribution >= 0.6 is 0 Å². The molecule has 2 rings (SSSR count). The van der Waals surface area contributed by atoms with Crippen molar-refractivity contribution in [2.24, 2.45) is 0 Å². The highest BCUT2D eigenvalue weighted by molar-refractivity contribution is 5.35. The second-order valence-corrected chi connectivity index (χ2v) is 4.18. The third-order valence-corrected chi connectivity index (χ3v) is 3.09. The number of methoxy groups -OCH3 is 1. The van der Waals surface area contributed by atoms with E-state index in [4.69, 9.17) is 9.47 Å². The minimum Gasteiger partial charge on any atom is -0.355 e. The largest absolute Gasteiger partial charge is 0.421 e. The van der Waals surface area contributed by atoms with Crippen LogP contribution in [0.3, 0.4) is 0 Å². The van der Waals surface area contributed by atoms with Crippen molar-refractivity contribution in [3.05, 3.63) is 35.4 Å². The van der Waals surface area contributed by atoms with Gasteiger partial charge in [0, 0.05) is 13.5 Å². The summed E-state index contributed by atoms with van der Waals surface area (Å²) in [6.07, 6.45) is -5.00. The maximum Gasteiger partial charge on any atom is 0.421 e. The fraction of sp³-hybridized carbons (Fsp3) is 0.500. The third kappa shape index (κ3) is 1.93. The lowest BCUT2D eigenvalue weighted by Gasteiger charge is -2.40. The molecule has 0 radical (unpaired) electrons. The summed E-state index contributed by atoms with van der Waals surface area (Å²) in [6, 6.07) is 6.43. The Bertz CT molecular complexity index is 416. The van der Waals surface area contributed by atoms with Crippen LogP contribution in [0.5, 0.6) is 0 Å². The van der Waals surface area contributed by atoms with Gasteiger partial charge in [0.15, 0.2) is 11.9 Å². The van der Waals surface area contributed by atoms with Gasteiger partial charge in [-0.1, -0.05) is 24.3 Å². The molecule has 0 fully saturated rings. The average molecular weight is 246 g/mol. The molecule has 2 atom stereocenters. The van der Waals surface area contributed by atoms with Crippen LogP contribution in [0.2, 0.25) is 0 Å². The van der Waals surface area contributed by atoms with E-state index in [9.17, 15) is 13.2 Å². The van der Waals surface area contributed by atoms with Crippen LogP contribution in [0.4, 0.5) is 13.2 Å². The van der Waals surface area contributed by atoms with E-state index in [1.54, 1.807) is 18.2 Å². The summed E-state index contributed by atoms with van der Waals surface area (Å²) in [5, 5.41) is 0. The summed E-state index contributed by atoms with van der Waals surface area (Å²) in [6.45, 7) is 1.04. The molecule has 0 saturated heterocycles. The van der Waals surface area contributed by atoms with Gasteiger partial charge in [-0.05, 0) is 18.1 Å². The van der Waals surface area contributed by atoms with E-state index in [0.717, 1.165) is 6.92 Å². The first-order chi connectivity index (χ1) is 7.88. The van der Waals surface area contributed by atoms with E-state index in [-0.39, 0.29) is 5.56 Å². The fourth-order valence-electron chi connectivity index (χ4n) is 2.06. The van der Waals surface area contributed by atoms with Crippen molar-refractivity contribution in [2.75, 3.05) is 7.11 Å². The van der Waals surface area contributed by atoms with Crippen LogP contribution in [-0.4, -0.2) is 19.6 Å². The lowest BCUT2D eigenvalue weighted by molar-refractivity contribution is -0.326. The molecule has 1 aromatic rings. The molecular formula is C12H13F3O2. The van der Waals surface area contributed by atoms with Crippen molar-refractivity contribution in [1.82, 2.24) is 0 Å². The Morgan fingerprint density at radius 3 is 2.59 bits per heavy atom.